The fraction of sp³-hybridized carbons (Fsp3) is 0.550. The maximum absolute atomic E-state index is 11.9. The summed E-state index contributed by atoms with van der Waals surface area (Å²) in [4.78, 5) is 25.7. The molecule has 0 radical (unpaired) electrons. The Morgan fingerprint density at radius 2 is 1.97 bits per heavy atom. The molecule has 2 N–H and O–H groups in total. The van der Waals surface area contributed by atoms with Crippen LogP contribution >= 0.6 is 0 Å². The van der Waals surface area contributed by atoms with Crippen molar-refractivity contribution < 1.29 is 23.8 Å². The van der Waals surface area contributed by atoms with E-state index >= 15 is 0 Å². The van der Waals surface area contributed by atoms with Gasteiger partial charge in [0.1, 0.15) is 5.75 Å². The molecular formula is C20H28N4O5. The molecule has 1 aromatic carbocycles. The van der Waals surface area contributed by atoms with Crippen molar-refractivity contribution in [1.82, 2.24) is 15.6 Å². The molecule has 2 amide bonds. The molecule has 29 heavy (non-hydrogen) atoms. The second-order valence-corrected chi connectivity index (χ2v) is 6.98. The molecule has 3 rings (SSSR count). The van der Waals surface area contributed by atoms with Crippen molar-refractivity contribution in [2.75, 3.05) is 52.6 Å². The van der Waals surface area contributed by atoms with Gasteiger partial charge in [-0.25, -0.2) is 5.43 Å². The first-order chi connectivity index (χ1) is 14.2. The highest BCUT2D eigenvalue weighted by Crippen LogP contribution is 2.12. The third-order valence-corrected chi connectivity index (χ3v) is 4.67. The lowest BCUT2D eigenvalue weighted by atomic mass is 10.2. The van der Waals surface area contributed by atoms with Crippen LogP contribution < -0.4 is 15.5 Å². The highest BCUT2D eigenvalue weighted by Gasteiger charge is 2.16. The zero-order valence-corrected chi connectivity index (χ0v) is 16.5. The second kappa shape index (κ2) is 11.5. The molecule has 2 aliphatic rings. The first-order valence-corrected chi connectivity index (χ1v) is 9.92. The molecule has 158 valence electrons. The number of nitrogens with one attached hydrogen (secondary N) is 2. The lowest BCUT2D eigenvalue weighted by Gasteiger charge is -2.25. The molecule has 2 fully saturated rings. The van der Waals surface area contributed by atoms with Gasteiger partial charge in [-0.15, -0.1) is 0 Å². The highest BCUT2D eigenvalue weighted by molar-refractivity contribution is 5.83. The van der Waals surface area contributed by atoms with E-state index in [4.69, 9.17) is 14.2 Å². The zero-order chi connectivity index (χ0) is 20.3. The van der Waals surface area contributed by atoms with Gasteiger partial charge in [0, 0.05) is 26.2 Å². The average molecular weight is 404 g/mol. The Morgan fingerprint density at radius 3 is 2.69 bits per heavy atom. The Balaban J connectivity index is 1.32. The number of benzene rings is 1. The summed E-state index contributed by atoms with van der Waals surface area (Å²) in [5.41, 5.74) is 3.34. The van der Waals surface area contributed by atoms with Crippen LogP contribution in [0.1, 0.15) is 18.4 Å². The van der Waals surface area contributed by atoms with E-state index in [1.807, 2.05) is 4.90 Å². The van der Waals surface area contributed by atoms with Gasteiger partial charge in [-0.1, -0.05) is 0 Å². The van der Waals surface area contributed by atoms with E-state index in [0.29, 0.717) is 32.1 Å². The van der Waals surface area contributed by atoms with Crippen molar-refractivity contribution in [3.05, 3.63) is 29.8 Å². The van der Waals surface area contributed by atoms with Gasteiger partial charge in [-0.2, -0.15) is 5.10 Å². The van der Waals surface area contributed by atoms with Crippen LogP contribution in [0, 0.1) is 0 Å². The number of hydrogen-bond donors (Lipinski definition) is 2. The van der Waals surface area contributed by atoms with Gasteiger partial charge in [0.25, 0.3) is 11.8 Å². The van der Waals surface area contributed by atoms with Gasteiger partial charge in [0.15, 0.2) is 6.61 Å². The molecule has 9 heteroatoms. The molecule has 0 bridgehead atoms. The van der Waals surface area contributed by atoms with Crippen LogP contribution in [-0.2, 0) is 19.1 Å². The largest absolute Gasteiger partial charge is 0.484 e. The van der Waals surface area contributed by atoms with Crippen LogP contribution in [0.2, 0.25) is 0 Å². The van der Waals surface area contributed by atoms with E-state index in [9.17, 15) is 9.59 Å². The Hall–Kier alpha value is -2.49. The van der Waals surface area contributed by atoms with Crippen molar-refractivity contribution in [3.8, 4) is 5.75 Å². The second-order valence-electron chi connectivity index (χ2n) is 6.98. The van der Waals surface area contributed by atoms with E-state index in [1.54, 1.807) is 30.5 Å². The maximum Gasteiger partial charge on any atom is 0.258 e. The number of morpholine rings is 1. The lowest BCUT2D eigenvalue weighted by Crippen LogP contribution is -2.42. The van der Waals surface area contributed by atoms with Gasteiger partial charge in [0.2, 0.25) is 0 Å². The monoisotopic (exact) mass is 404 g/mol. The summed E-state index contributed by atoms with van der Waals surface area (Å²) in [5.74, 6) is 0.261. The van der Waals surface area contributed by atoms with Gasteiger partial charge in [-0.3, -0.25) is 14.5 Å². The molecule has 0 saturated carbocycles. The summed E-state index contributed by atoms with van der Waals surface area (Å²) in [7, 11) is 0. The molecule has 1 aromatic rings. The summed E-state index contributed by atoms with van der Waals surface area (Å²) in [6.45, 7) is 4.37. The van der Waals surface area contributed by atoms with Crippen LogP contribution in [0.5, 0.6) is 5.75 Å². The molecule has 2 aliphatic heterocycles. The zero-order valence-electron chi connectivity index (χ0n) is 16.5. The van der Waals surface area contributed by atoms with Crippen molar-refractivity contribution in [2.45, 2.75) is 18.9 Å². The molecule has 0 aromatic heterocycles. The number of hydrazone groups is 1. The minimum absolute atomic E-state index is 0.0439. The highest BCUT2D eigenvalue weighted by atomic mass is 16.5. The van der Waals surface area contributed by atoms with Crippen LogP contribution in [0.3, 0.4) is 0 Å². The van der Waals surface area contributed by atoms with Crippen LogP contribution in [0.4, 0.5) is 0 Å². The number of nitrogens with zero attached hydrogens (tertiary/aromatic N) is 2. The van der Waals surface area contributed by atoms with E-state index in [0.717, 1.165) is 38.1 Å². The van der Waals surface area contributed by atoms with E-state index < -0.39 is 0 Å². The lowest BCUT2D eigenvalue weighted by molar-refractivity contribution is -0.124. The molecule has 1 atom stereocenters. The Bertz CT molecular complexity index is 683. The van der Waals surface area contributed by atoms with E-state index in [2.05, 4.69) is 15.8 Å². The minimum atomic E-state index is -0.172. The summed E-state index contributed by atoms with van der Waals surface area (Å²) in [6, 6.07) is 7.11. The molecule has 0 spiro atoms. The normalized spacial score (nSPS) is 19.9. The fourth-order valence-corrected chi connectivity index (χ4v) is 3.06. The minimum Gasteiger partial charge on any atom is -0.484 e. The summed E-state index contributed by atoms with van der Waals surface area (Å²) in [5, 5.41) is 6.79. The van der Waals surface area contributed by atoms with Crippen molar-refractivity contribution >= 4 is 18.0 Å². The van der Waals surface area contributed by atoms with E-state index in [1.165, 1.54) is 0 Å². The Kier molecular flexibility index (Phi) is 8.41. The SMILES string of the molecule is O=C(COc1ccc(/C=N\NC(=O)CN2CCOCC2)cc1)NC[C@@H]1CCCO1. The Morgan fingerprint density at radius 1 is 1.17 bits per heavy atom. The van der Waals surface area contributed by atoms with Crippen molar-refractivity contribution in [3.63, 3.8) is 0 Å². The molecule has 0 unspecified atom stereocenters. The van der Waals surface area contributed by atoms with E-state index in [-0.39, 0.29) is 24.5 Å². The summed E-state index contributed by atoms with van der Waals surface area (Å²) >= 11 is 0. The average Bonchev–Trinajstić information content (AvgIpc) is 3.26. The van der Waals surface area contributed by atoms with Crippen LogP contribution in [0.15, 0.2) is 29.4 Å². The fourth-order valence-electron chi connectivity index (χ4n) is 3.06. The number of ether oxygens (including phenoxy) is 3. The Labute approximate surface area is 170 Å². The summed E-state index contributed by atoms with van der Waals surface area (Å²) in [6.07, 6.45) is 3.71. The van der Waals surface area contributed by atoms with Gasteiger partial charge in [0.05, 0.1) is 32.1 Å². The third kappa shape index (κ3) is 7.80. The number of hydrogen-bond acceptors (Lipinski definition) is 7. The van der Waals surface area contributed by atoms with Crippen molar-refractivity contribution in [1.29, 1.82) is 0 Å². The molecule has 2 saturated heterocycles. The first kappa shape index (κ1) is 21.2. The first-order valence-electron chi connectivity index (χ1n) is 9.92. The number of carbonyl (C=O) groups excluding carboxylic acids is 2. The van der Waals surface area contributed by atoms with Crippen LogP contribution in [0.25, 0.3) is 0 Å². The third-order valence-electron chi connectivity index (χ3n) is 4.67. The number of amides is 2. The molecular weight excluding hydrogens is 376 g/mol. The summed E-state index contributed by atoms with van der Waals surface area (Å²) < 4.78 is 16.2. The maximum atomic E-state index is 11.9. The predicted octanol–water partition coefficient (Wildman–Crippen LogP) is 0.143. The van der Waals surface area contributed by atoms with Gasteiger partial charge < -0.3 is 19.5 Å². The number of rotatable bonds is 9. The molecule has 0 aliphatic carbocycles. The molecule has 9 nitrogen and oxygen atoms in total. The smallest absolute Gasteiger partial charge is 0.258 e. The standard InChI is InChI=1S/C20H28N4O5/c25-19(14-24-7-10-27-11-8-24)23-22-12-16-3-5-17(6-4-16)29-15-20(26)21-13-18-2-1-9-28-18/h3-6,12,18H,1-2,7-11,13-15H2,(H,21,26)(H,23,25)/b22-12-/t18-/m0/s1. The number of carbonyl (C=O) groups is 2. The predicted molar refractivity (Wildman–Crippen MR) is 107 cm³/mol. The molecule has 2 heterocycles. The van der Waals surface area contributed by atoms with Crippen LogP contribution in [-0.4, -0.2) is 81.6 Å². The van der Waals surface area contributed by atoms with Crippen molar-refractivity contribution in [2.24, 2.45) is 5.10 Å². The van der Waals surface area contributed by atoms with Gasteiger partial charge in [-0.05, 0) is 42.7 Å². The quantitative estimate of drug-likeness (QED) is 0.449. The topological polar surface area (TPSA) is 101 Å². The van der Waals surface area contributed by atoms with Gasteiger partial charge >= 0.3 is 0 Å².